The van der Waals surface area contributed by atoms with Crippen LogP contribution in [0.5, 0.6) is 0 Å². The molecule has 0 radical (unpaired) electrons. The van der Waals surface area contributed by atoms with E-state index in [0.717, 1.165) is 11.4 Å². The van der Waals surface area contributed by atoms with E-state index in [1.165, 1.54) is 5.56 Å². The topological polar surface area (TPSA) is 40.6 Å². The third-order valence-corrected chi connectivity index (χ3v) is 6.81. The highest BCUT2D eigenvalue weighted by atomic mass is 32.2. The Morgan fingerprint density at radius 2 is 1.38 bits per heavy atom. The van der Waals surface area contributed by atoms with E-state index in [-0.39, 0.29) is 23.6 Å². The van der Waals surface area contributed by atoms with Crippen molar-refractivity contribution in [3.8, 4) is 0 Å². The lowest BCUT2D eigenvalue weighted by molar-refractivity contribution is 0.601. The van der Waals surface area contributed by atoms with E-state index < -0.39 is 9.84 Å². The van der Waals surface area contributed by atoms with Crippen LogP contribution < -0.4 is 9.80 Å². The molecule has 2 aliphatic heterocycles. The van der Waals surface area contributed by atoms with Crippen molar-refractivity contribution in [3.63, 3.8) is 0 Å². The first-order chi connectivity index (χ1) is 11.5. The number of thiocarbonyl (C=S) groups is 1. The number of hydrogen-bond donors (Lipinski definition) is 0. The lowest BCUT2D eigenvalue weighted by Gasteiger charge is -2.25. The molecule has 2 aromatic carbocycles. The quantitative estimate of drug-likeness (QED) is 0.772. The van der Waals surface area contributed by atoms with Crippen LogP contribution in [0.15, 0.2) is 54.6 Å². The summed E-state index contributed by atoms with van der Waals surface area (Å²) in [4.78, 5) is 4.02. The SMILES string of the molecule is Cc1ccc(N2C(=S)N(c3ccccc3)C3CS(=O)(=O)CC32)cc1. The van der Waals surface area contributed by atoms with Gasteiger partial charge in [-0.05, 0) is 43.4 Å². The molecule has 124 valence electrons. The third kappa shape index (κ3) is 2.50. The van der Waals surface area contributed by atoms with Crippen molar-refractivity contribution < 1.29 is 8.42 Å². The molecule has 2 saturated heterocycles. The predicted octanol–water partition coefficient (Wildman–Crippen LogP) is 2.77. The molecule has 24 heavy (non-hydrogen) atoms. The summed E-state index contributed by atoms with van der Waals surface area (Å²) in [5.74, 6) is 0.296. The standard InChI is InChI=1S/C18H18N2O2S2/c1-13-7-9-15(10-8-13)20-17-12-24(21,22)11-16(17)19(18(20)23)14-5-3-2-4-6-14/h2-10,16-17H,11-12H2,1H3. The monoisotopic (exact) mass is 358 g/mol. The Bertz CT molecular complexity index is 879. The number of sulfone groups is 1. The van der Waals surface area contributed by atoms with Gasteiger partial charge < -0.3 is 9.80 Å². The Balaban J connectivity index is 1.80. The fraction of sp³-hybridized carbons (Fsp3) is 0.278. The van der Waals surface area contributed by atoms with Gasteiger partial charge in [0.15, 0.2) is 14.9 Å². The van der Waals surface area contributed by atoms with Gasteiger partial charge in [-0.25, -0.2) is 8.42 Å². The number of fused-ring (bicyclic) bond motifs is 1. The van der Waals surface area contributed by atoms with Gasteiger partial charge in [0.2, 0.25) is 0 Å². The highest BCUT2D eigenvalue weighted by Gasteiger charge is 2.52. The van der Waals surface area contributed by atoms with E-state index in [0.29, 0.717) is 5.11 Å². The second-order valence-electron chi connectivity index (χ2n) is 6.41. The molecular weight excluding hydrogens is 340 g/mol. The van der Waals surface area contributed by atoms with Crippen molar-refractivity contribution in [2.24, 2.45) is 0 Å². The molecule has 0 spiro atoms. The van der Waals surface area contributed by atoms with Gasteiger partial charge in [0.05, 0.1) is 23.6 Å². The Hall–Kier alpha value is -1.92. The number of para-hydroxylation sites is 1. The maximum atomic E-state index is 12.3. The highest BCUT2D eigenvalue weighted by Crippen LogP contribution is 2.37. The van der Waals surface area contributed by atoms with Crippen LogP contribution in [0.3, 0.4) is 0 Å². The average molecular weight is 358 g/mol. The zero-order valence-electron chi connectivity index (χ0n) is 13.3. The summed E-state index contributed by atoms with van der Waals surface area (Å²) in [5.41, 5.74) is 3.07. The van der Waals surface area contributed by atoms with Crippen molar-refractivity contribution in [2.75, 3.05) is 21.3 Å². The number of hydrogen-bond acceptors (Lipinski definition) is 3. The summed E-state index contributed by atoms with van der Waals surface area (Å²) in [6.45, 7) is 2.03. The zero-order valence-corrected chi connectivity index (χ0v) is 14.9. The minimum absolute atomic E-state index is 0.133. The summed E-state index contributed by atoms with van der Waals surface area (Å²) in [7, 11) is -3.06. The number of nitrogens with zero attached hydrogens (tertiary/aromatic N) is 2. The molecule has 4 nitrogen and oxygen atoms in total. The number of rotatable bonds is 2. The first-order valence-electron chi connectivity index (χ1n) is 7.91. The summed E-state index contributed by atoms with van der Waals surface area (Å²) < 4.78 is 24.5. The second-order valence-corrected chi connectivity index (χ2v) is 8.92. The van der Waals surface area contributed by atoms with E-state index in [4.69, 9.17) is 12.2 Å². The molecule has 2 aliphatic rings. The molecule has 2 heterocycles. The van der Waals surface area contributed by atoms with Crippen LogP contribution in [0, 0.1) is 6.92 Å². The minimum atomic E-state index is -3.06. The van der Waals surface area contributed by atoms with Gasteiger partial charge in [-0.2, -0.15) is 0 Å². The van der Waals surface area contributed by atoms with Crippen molar-refractivity contribution in [3.05, 3.63) is 60.2 Å². The summed E-state index contributed by atoms with van der Waals surface area (Å²) in [5, 5.41) is 0.676. The Morgan fingerprint density at radius 3 is 1.92 bits per heavy atom. The maximum Gasteiger partial charge on any atom is 0.181 e. The lowest BCUT2D eigenvalue weighted by Crippen LogP contribution is -2.37. The second kappa shape index (κ2) is 5.57. The highest BCUT2D eigenvalue weighted by molar-refractivity contribution is 7.91. The molecule has 0 aromatic heterocycles. The van der Waals surface area contributed by atoms with Crippen LogP contribution in [0.4, 0.5) is 11.4 Å². The molecule has 2 aromatic rings. The average Bonchev–Trinajstić information content (AvgIpc) is 2.98. The molecule has 2 unspecified atom stereocenters. The molecule has 4 rings (SSSR count). The Kier molecular flexibility index (Phi) is 3.62. The molecule has 2 fully saturated rings. The maximum absolute atomic E-state index is 12.3. The largest absolute Gasteiger partial charge is 0.312 e. The van der Waals surface area contributed by atoms with Crippen LogP contribution in [-0.4, -0.2) is 37.1 Å². The van der Waals surface area contributed by atoms with E-state index in [2.05, 4.69) is 0 Å². The van der Waals surface area contributed by atoms with Gasteiger partial charge in [-0.3, -0.25) is 0 Å². The van der Waals surface area contributed by atoms with Crippen molar-refractivity contribution >= 4 is 38.5 Å². The fourth-order valence-electron chi connectivity index (χ4n) is 3.60. The Labute approximate surface area is 147 Å². The van der Waals surface area contributed by atoms with Crippen LogP contribution >= 0.6 is 12.2 Å². The third-order valence-electron chi connectivity index (χ3n) is 4.72. The van der Waals surface area contributed by atoms with Crippen molar-refractivity contribution in [2.45, 2.75) is 19.0 Å². The molecule has 0 saturated carbocycles. The van der Waals surface area contributed by atoms with Crippen molar-refractivity contribution in [1.29, 1.82) is 0 Å². The van der Waals surface area contributed by atoms with Gasteiger partial charge in [-0.15, -0.1) is 0 Å². The van der Waals surface area contributed by atoms with Gasteiger partial charge in [0, 0.05) is 11.4 Å². The zero-order chi connectivity index (χ0) is 16.9. The van der Waals surface area contributed by atoms with Gasteiger partial charge in [0.25, 0.3) is 0 Å². The first kappa shape index (κ1) is 15.6. The molecule has 2 atom stereocenters. The molecular formula is C18H18N2O2S2. The normalized spacial score (nSPS) is 25.1. The van der Waals surface area contributed by atoms with E-state index in [9.17, 15) is 8.42 Å². The Morgan fingerprint density at radius 1 is 0.875 bits per heavy atom. The molecule has 0 bridgehead atoms. The molecule has 6 heteroatoms. The van der Waals surface area contributed by atoms with E-state index in [1.807, 2.05) is 71.3 Å². The van der Waals surface area contributed by atoms with Gasteiger partial charge in [0.1, 0.15) is 0 Å². The van der Waals surface area contributed by atoms with E-state index in [1.54, 1.807) is 0 Å². The van der Waals surface area contributed by atoms with Crippen LogP contribution in [0.1, 0.15) is 5.56 Å². The summed E-state index contributed by atoms with van der Waals surface area (Å²) in [6, 6.07) is 17.6. The van der Waals surface area contributed by atoms with E-state index >= 15 is 0 Å². The van der Waals surface area contributed by atoms with Gasteiger partial charge >= 0.3 is 0 Å². The van der Waals surface area contributed by atoms with Crippen LogP contribution in [-0.2, 0) is 9.84 Å². The first-order valence-corrected chi connectivity index (χ1v) is 10.1. The number of aryl methyl sites for hydroxylation is 1. The molecule has 0 amide bonds. The molecule has 0 aliphatic carbocycles. The number of benzene rings is 2. The number of anilines is 2. The lowest BCUT2D eigenvalue weighted by atomic mass is 10.1. The molecule has 0 N–H and O–H groups in total. The van der Waals surface area contributed by atoms with Gasteiger partial charge in [-0.1, -0.05) is 35.9 Å². The minimum Gasteiger partial charge on any atom is -0.312 e. The van der Waals surface area contributed by atoms with Crippen LogP contribution in [0.25, 0.3) is 0 Å². The van der Waals surface area contributed by atoms with Crippen molar-refractivity contribution in [1.82, 2.24) is 0 Å². The van der Waals surface area contributed by atoms with Crippen LogP contribution in [0.2, 0.25) is 0 Å². The fourth-order valence-corrected chi connectivity index (χ4v) is 6.00. The summed E-state index contributed by atoms with van der Waals surface area (Å²) in [6.07, 6.45) is 0. The smallest absolute Gasteiger partial charge is 0.181 e. The predicted molar refractivity (Wildman–Crippen MR) is 101 cm³/mol. The summed E-state index contributed by atoms with van der Waals surface area (Å²) >= 11 is 5.75.